The fraction of sp³-hybridized carbons (Fsp3) is 0.300. The van der Waals surface area contributed by atoms with Crippen LogP contribution in [0.1, 0.15) is 23.6 Å². The Labute approximate surface area is 164 Å². The Hall–Kier alpha value is -2.73. The van der Waals surface area contributed by atoms with Gasteiger partial charge in [0.05, 0.1) is 25.0 Å². The second-order valence-electron chi connectivity index (χ2n) is 5.82. The van der Waals surface area contributed by atoms with Crippen LogP contribution in [0.5, 0.6) is 17.2 Å². The first-order valence-corrected chi connectivity index (χ1v) is 8.84. The number of carbonyl (C=O) groups excluding carboxylic acids is 1. The number of carbonyl (C=O) groups is 1. The molecule has 0 heterocycles. The van der Waals surface area contributed by atoms with E-state index in [1.807, 2.05) is 39.0 Å². The molecule has 7 heteroatoms. The molecular formula is C20H23ClN2O4. The van der Waals surface area contributed by atoms with Gasteiger partial charge in [-0.1, -0.05) is 23.7 Å². The van der Waals surface area contributed by atoms with E-state index in [2.05, 4.69) is 10.5 Å². The quantitative estimate of drug-likeness (QED) is 0.548. The minimum Gasteiger partial charge on any atom is -0.493 e. The van der Waals surface area contributed by atoms with Gasteiger partial charge >= 0.3 is 0 Å². The van der Waals surface area contributed by atoms with Gasteiger partial charge < -0.3 is 14.2 Å². The number of hydrazone groups is 1. The fourth-order valence-electron chi connectivity index (χ4n) is 2.32. The number of rotatable bonds is 8. The Kier molecular flexibility index (Phi) is 7.49. The number of aryl methyl sites for hydroxylation is 2. The average Bonchev–Trinajstić information content (AvgIpc) is 2.64. The summed E-state index contributed by atoms with van der Waals surface area (Å²) in [7, 11) is 1.53. The van der Waals surface area contributed by atoms with Gasteiger partial charge in [0, 0.05) is 0 Å². The standard InChI is InChI=1S/C20H23ClN2O4/c1-5-26-20-16(21)9-15(10-18(20)25-4)11-22-23-19(24)12-27-17-8-13(2)6-7-14(17)3/h6-11H,5,12H2,1-4H3,(H,23,24)/b22-11+. The fourth-order valence-corrected chi connectivity index (χ4v) is 2.59. The zero-order chi connectivity index (χ0) is 19.8. The molecule has 2 rings (SSSR count). The van der Waals surface area contributed by atoms with Crippen LogP contribution in [-0.4, -0.2) is 32.4 Å². The summed E-state index contributed by atoms with van der Waals surface area (Å²) < 4.78 is 16.3. The number of nitrogens with one attached hydrogen (secondary N) is 1. The molecule has 0 aliphatic heterocycles. The van der Waals surface area contributed by atoms with Gasteiger partial charge in [0.1, 0.15) is 5.75 Å². The summed E-state index contributed by atoms with van der Waals surface area (Å²) in [6.45, 7) is 6.09. The Balaban J connectivity index is 1.95. The van der Waals surface area contributed by atoms with Gasteiger partial charge in [0.25, 0.3) is 5.91 Å². The van der Waals surface area contributed by atoms with E-state index < -0.39 is 0 Å². The van der Waals surface area contributed by atoms with Crippen LogP contribution in [0.2, 0.25) is 5.02 Å². The molecule has 0 unspecified atom stereocenters. The van der Waals surface area contributed by atoms with Crippen molar-refractivity contribution in [2.45, 2.75) is 20.8 Å². The zero-order valence-electron chi connectivity index (χ0n) is 15.8. The SMILES string of the molecule is CCOc1c(Cl)cc(/C=N/NC(=O)COc2cc(C)ccc2C)cc1OC. The molecule has 0 atom stereocenters. The third-order valence-corrected chi connectivity index (χ3v) is 3.93. The molecule has 0 saturated heterocycles. The van der Waals surface area contributed by atoms with Crippen molar-refractivity contribution < 1.29 is 19.0 Å². The first kappa shape index (κ1) is 20.6. The molecule has 6 nitrogen and oxygen atoms in total. The van der Waals surface area contributed by atoms with Gasteiger partial charge in [0.2, 0.25) is 0 Å². The Morgan fingerprint density at radius 1 is 1.19 bits per heavy atom. The maximum atomic E-state index is 11.9. The van der Waals surface area contributed by atoms with E-state index in [9.17, 15) is 4.79 Å². The molecule has 2 aromatic carbocycles. The molecule has 144 valence electrons. The third kappa shape index (κ3) is 5.89. The minimum atomic E-state index is -0.365. The largest absolute Gasteiger partial charge is 0.493 e. The number of halogens is 1. The highest BCUT2D eigenvalue weighted by Gasteiger charge is 2.11. The van der Waals surface area contributed by atoms with Gasteiger partial charge in [-0.25, -0.2) is 5.43 Å². The van der Waals surface area contributed by atoms with Crippen LogP contribution < -0.4 is 19.6 Å². The second kappa shape index (κ2) is 9.83. The molecular weight excluding hydrogens is 368 g/mol. The van der Waals surface area contributed by atoms with Crippen LogP contribution in [0.4, 0.5) is 0 Å². The molecule has 1 amide bonds. The second-order valence-corrected chi connectivity index (χ2v) is 6.23. The van der Waals surface area contributed by atoms with E-state index in [0.717, 1.165) is 11.1 Å². The number of nitrogens with zero attached hydrogens (tertiary/aromatic N) is 1. The third-order valence-electron chi connectivity index (χ3n) is 3.65. The normalized spacial score (nSPS) is 10.7. The van der Waals surface area contributed by atoms with E-state index in [0.29, 0.717) is 34.4 Å². The number of amides is 1. The molecule has 0 aromatic heterocycles. The summed E-state index contributed by atoms with van der Waals surface area (Å²) in [6.07, 6.45) is 1.47. The predicted molar refractivity (Wildman–Crippen MR) is 106 cm³/mol. The first-order valence-electron chi connectivity index (χ1n) is 8.46. The molecule has 0 saturated carbocycles. The Morgan fingerprint density at radius 2 is 1.96 bits per heavy atom. The molecule has 0 spiro atoms. The highest BCUT2D eigenvalue weighted by Crippen LogP contribution is 2.35. The number of ether oxygens (including phenoxy) is 3. The van der Waals surface area contributed by atoms with Crippen LogP contribution in [0, 0.1) is 13.8 Å². The maximum absolute atomic E-state index is 11.9. The first-order chi connectivity index (χ1) is 12.9. The van der Waals surface area contributed by atoms with Gasteiger partial charge in [-0.05, 0) is 55.7 Å². The van der Waals surface area contributed by atoms with Crippen molar-refractivity contribution in [3.63, 3.8) is 0 Å². The van der Waals surface area contributed by atoms with Gasteiger partial charge in [-0.2, -0.15) is 5.10 Å². The van der Waals surface area contributed by atoms with Crippen LogP contribution in [0.3, 0.4) is 0 Å². The van der Waals surface area contributed by atoms with Crippen molar-refractivity contribution in [3.05, 3.63) is 52.0 Å². The summed E-state index contributed by atoms with van der Waals surface area (Å²) in [5.41, 5.74) is 5.12. The molecule has 27 heavy (non-hydrogen) atoms. The molecule has 0 aliphatic carbocycles. The smallest absolute Gasteiger partial charge is 0.277 e. The topological polar surface area (TPSA) is 69.2 Å². The van der Waals surface area contributed by atoms with E-state index in [1.165, 1.54) is 13.3 Å². The van der Waals surface area contributed by atoms with Crippen molar-refractivity contribution in [2.75, 3.05) is 20.3 Å². The van der Waals surface area contributed by atoms with Crippen LogP contribution in [0.15, 0.2) is 35.4 Å². The lowest BCUT2D eigenvalue weighted by molar-refractivity contribution is -0.123. The van der Waals surface area contributed by atoms with Crippen molar-refractivity contribution >= 4 is 23.7 Å². The average molecular weight is 391 g/mol. The molecule has 0 radical (unpaired) electrons. The lowest BCUT2D eigenvalue weighted by Gasteiger charge is -2.11. The van der Waals surface area contributed by atoms with Crippen LogP contribution >= 0.6 is 11.6 Å². The summed E-state index contributed by atoms with van der Waals surface area (Å²) in [6, 6.07) is 9.23. The summed E-state index contributed by atoms with van der Waals surface area (Å²) in [5, 5.41) is 4.33. The highest BCUT2D eigenvalue weighted by atomic mass is 35.5. The zero-order valence-corrected chi connectivity index (χ0v) is 16.6. The molecule has 2 aromatic rings. The van der Waals surface area contributed by atoms with Gasteiger partial charge in [-0.3, -0.25) is 4.79 Å². The molecule has 0 fully saturated rings. The van der Waals surface area contributed by atoms with E-state index in [4.69, 9.17) is 25.8 Å². The highest BCUT2D eigenvalue weighted by molar-refractivity contribution is 6.32. The Morgan fingerprint density at radius 3 is 2.67 bits per heavy atom. The maximum Gasteiger partial charge on any atom is 0.277 e. The van der Waals surface area contributed by atoms with E-state index in [1.54, 1.807) is 12.1 Å². The number of benzene rings is 2. The van der Waals surface area contributed by atoms with Crippen LogP contribution in [0.25, 0.3) is 0 Å². The minimum absolute atomic E-state index is 0.130. The summed E-state index contributed by atoms with van der Waals surface area (Å²) in [5.74, 6) is 1.29. The van der Waals surface area contributed by atoms with Crippen molar-refractivity contribution in [1.82, 2.24) is 5.43 Å². The van der Waals surface area contributed by atoms with Crippen LogP contribution in [-0.2, 0) is 4.79 Å². The summed E-state index contributed by atoms with van der Waals surface area (Å²) >= 11 is 6.20. The molecule has 0 bridgehead atoms. The predicted octanol–water partition coefficient (Wildman–Crippen LogP) is 3.89. The monoisotopic (exact) mass is 390 g/mol. The lowest BCUT2D eigenvalue weighted by atomic mass is 10.1. The lowest BCUT2D eigenvalue weighted by Crippen LogP contribution is -2.24. The number of hydrogen-bond acceptors (Lipinski definition) is 5. The van der Waals surface area contributed by atoms with Crippen molar-refractivity contribution in [3.8, 4) is 17.2 Å². The van der Waals surface area contributed by atoms with E-state index in [-0.39, 0.29) is 12.5 Å². The Bertz CT molecular complexity index is 837. The van der Waals surface area contributed by atoms with Gasteiger partial charge in [0.15, 0.2) is 18.1 Å². The molecule has 0 aliphatic rings. The van der Waals surface area contributed by atoms with Gasteiger partial charge in [-0.15, -0.1) is 0 Å². The summed E-state index contributed by atoms with van der Waals surface area (Å²) in [4.78, 5) is 11.9. The molecule has 1 N–H and O–H groups in total. The number of hydrogen-bond donors (Lipinski definition) is 1. The number of methoxy groups -OCH3 is 1. The van der Waals surface area contributed by atoms with E-state index >= 15 is 0 Å². The van der Waals surface area contributed by atoms with Crippen molar-refractivity contribution in [2.24, 2.45) is 5.10 Å². The van der Waals surface area contributed by atoms with Crippen molar-refractivity contribution in [1.29, 1.82) is 0 Å².